The highest BCUT2D eigenvalue weighted by atomic mass is 19.1. The molecule has 2 heterocycles. The van der Waals surface area contributed by atoms with Gasteiger partial charge >= 0.3 is 6.09 Å². The summed E-state index contributed by atoms with van der Waals surface area (Å²) in [5.41, 5.74) is 0.824. The van der Waals surface area contributed by atoms with Crippen molar-refractivity contribution >= 4 is 11.8 Å². The quantitative estimate of drug-likeness (QED) is 0.819. The molecule has 1 aromatic carbocycles. The van der Waals surface area contributed by atoms with Crippen LogP contribution in [0.3, 0.4) is 0 Å². The largest absolute Gasteiger partial charge is 0.444 e. The van der Waals surface area contributed by atoms with Gasteiger partial charge in [0.1, 0.15) is 11.4 Å². The number of piperazine rings is 1. The average Bonchev–Trinajstić information content (AvgIpc) is 3.08. The fraction of sp³-hybridized carbons (Fsp3) is 0.611. The molecule has 0 aliphatic carbocycles. The molecule has 0 bridgehead atoms. The molecule has 0 spiro atoms. The molecule has 0 radical (unpaired) electrons. The first-order valence-corrected chi connectivity index (χ1v) is 8.59. The van der Waals surface area contributed by atoms with Gasteiger partial charge in [-0.15, -0.1) is 0 Å². The first-order valence-electron chi connectivity index (χ1n) is 8.59. The number of carbonyl (C=O) groups is 1. The topological polar surface area (TPSA) is 51.2 Å². The second-order valence-electron chi connectivity index (χ2n) is 7.23. The summed E-state index contributed by atoms with van der Waals surface area (Å²) in [5, 5.41) is 0. The Hall–Kier alpha value is -1.86. The van der Waals surface area contributed by atoms with Crippen LogP contribution < -0.4 is 4.90 Å². The maximum absolute atomic E-state index is 14.1. The van der Waals surface area contributed by atoms with E-state index in [1.165, 1.54) is 6.07 Å². The van der Waals surface area contributed by atoms with Crippen molar-refractivity contribution in [2.24, 2.45) is 0 Å². The standard InChI is InChI=1S/C18H25FN2O4/c1-18(2,3)25-17(22)21-8-6-20(7-9-21)13-4-5-15(19)14(12-13)16-23-10-11-24-16/h4-5,12,16H,6-11H2,1-3H3. The van der Waals surface area contributed by atoms with E-state index in [1.54, 1.807) is 17.0 Å². The van der Waals surface area contributed by atoms with Crippen molar-refractivity contribution in [2.75, 3.05) is 44.3 Å². The van der Waals surface area contributed by atoms with Crippen LogP contribution in [-0.4, -0.2) is 56.0 Å². The molecule has 25 heavy (non-hydrogen) atoms. The Morgan fingerprint density at radius 1 is 1.16 bits per heavy atom. The molecule has 1 aromatic rings. The van der Waals surface area contributed by atoms with E-state index in [0.717, 1.165) is 5.69 Å². The van der Waals surface area contributed by atoms with Crippen LogP contribution in [0, 0.1) is 5.82 Å². The Morgan fingerprint density at radius 2 is 1.80 bits per heavy atom. The molecule has 0 saturated carbocycles. The summed E-state index contributed by atoms with van der Waals surface area (Å²) in [6.45, 7) is 8.98. The number of hydrogen-bond acceptors (Lipinski definition) is 5. The van der Waals surface area contributed by atoms with Crippen LogP contribution in [0.2, 0.25) is 0 Å². The molecule has 2 fully saturated rings. The fourth-order valence-electron chi connectivity index (χ4n) is 2.92. The number of hydrogen-bond donors (Lipinski definition) is 0. The van der Waals surface area contributed by atoms with Gasteiger partial charge in [-0.2, -0.15) is 0 Å². The zero-order chi connectivity index (χ0) is 18.0. The molecule has 3 rings (SSSR count). The van der Waals surface area contributed by atoms with Crippen molar-refractivity contribution in [2.45, 2.75) is 32.7 Å². The molecule has 1 amide bonds. The smallest absolute Gasteiger partial charge is 0.410 e. The Bertz CT molecular complexity index is 618. The van der Waals surface area contributed by atoms with Gasteiger partial charge in [-0.25, -0.2) is 9.18 Å². The number of nitrogens with zero attached hydrogens (tertiary/aromatic N) is 2. The molecule has 138 valence electrons. The third-order valence-electron chi connectivity index (χ3n) is 4.15. The van der Waals surface area contributed by atoms with Crippen LogP contribution in [0.1, 0.15) is 32.6 Å². The van der Waals surface area contributed by atoms with Crippen LogP contribution >= 0.6 is 0 Å². The van der Waals surface area contributed by atoms with Gasteiger partial charge in [0.05, 0.1) is 13.2 Å². The minimum atomic E-state index is -0.636. The van der Waals surface area contributed by atoms with E-state index in [4.69, 9.17) is 14.2 Å². The van der Waals surface area contributed by atoms with Gasteiger partial charge in [-0.05, 0) is 39.0 Å². The summed E-state index contributed by atoms with van der Waals surface area (Å²) in [6.07, 6.45) is -0.928. The third-order valence-corrected chi connectivity index (χ3v) is 4.15. The lowest BCUT2D eigenvalue weighted by molar-refractivity contribution is -0.0464. The van der Waals surface area contributed by atoms with Crippen molar-refractivity contribution in [3.63, 3.8) is 0 Å². The predicted molar refractivity (Wildman–Crippen MR) is 91.1 cm³/mol. The molecule has 0 unspecified atom stereocenters. The van der Waals surface area contributed by atoms with Gasteiger partial charge in [-0.3, -0.25) is 0 Å². The molecule has 0 atom stereocenters. The van der Waals surface area contributed by atoms with E-state index in [-0.39, 0.29) is 11.9 Å². The fourth-order valence-corrected chi connectivity index (χ4v) is 2.92. The van der Waals surface area contributed by atoms with E-state index in [2.05, 4.69) is 4.90 Å². The summed E-state index contributed by atoms with van der Waals surface area (Å²) in [6, 6.07) is 4.96. The van der Waals surface area contributed by atoms with Crippen LogP contribution in [0.25, 0.3) is 0 Å². The molecule has 2 saturated heterocycles. The lowest BCUT2D eigenvalue weighted by Crippen LogP contribution is -2.50. The van der Waals surface area contributed by atoms with Crippen LogP contribution in [-0.2, 0) is 14.2 Å². The minimum Gasteiger partial charge on any atom is -0.444 e. The van der Waals surface area contributed by atoms with Crippen molar-refractivity contribution in [1.29, 1.82) is 0 Å². The Balaban J connectivity index is 1.63. The maximum Gasteiger partial charge on any atom is 0.410 e. The number of amides is 1. The SMILES string of the molecule is CC(C)(C)OC(=O)N1CCN(c2ccc(F)c(C3OCCO3)c2)CC1. The normalized spacial score (nSPS) is 19.4. The van der Waals surface area contributed by atoms with Crippen LogP contribution in [0.4, 0.5) is 14.9 Å². The highest BCUT2D eigenvalue weighted by Gasteiger charge is 2.27. The zero-order valence-electron chi connectivity index (χ0n) is 15.0. The first kappa shape index (κ1) is 17.9. The van der Waals surface area contributed by atoms with Crippen molar-refractivity contribution in [1.82, 2.24) is 4.90 Å². The first-order chi connectivity index (χ1) is 11.8. The number of carbonyl (C=O) groups excluding carboxylic acids is 1. The van der Waals surface area contributed by atoms with Crippen molar-refractivity contribution in [3.8, 4) is 0 Å². The average molecular weight is 352 g/mol. The minimum absolute atomic E-state index is 0.292. The second kappa shape index (κ2) is 7.17. The molecule has 2 aliphatic heterocycles. The number of ether oxygens (including phenoxy) is 3. The summed E-state index contributed by atoms with van der Waals surface area (Å²) in [4.78, 5) is 16.0. The van der Waals surface area contributed by atoms with Gasteiger partial charge in [0.15, 0.2) is 6.29 Å². The van der Waals surface area contributed by atoms with Gasteiger partial charge in [0.2, 0.25) is 0 Å². The second-order valence-corrected chi connectivity index (χ2v) is 7.23. The zero-order valence-corrected chi connectivity index (χ0v) is 15.0. The predicted octanol–water partition coefficient (Wildman–Crippen LogP) is 2.93. The number of anilines is 1. The van der Waals surface area contributed by atoms with Crippen LogP contribution in [0.5, 0.6) is 0 Å². The van der Waals surface area contributed by atoms with Gasteiger partial charge in [0, 0.05) is 37.4 Å². The van der Waals surface area contributed by atoms with Gasteiger partial charge < -0.3 is 24.0 Å². The van der Waals surface area contributed by atoms with Gasteiger partial charge in [0.25, 0.3) is 0 Å². The van der Waals surface area contributed by atoms with E-state index >= 15 is 0 Å². The molecule has 7 heteroatoms. The number of rotatable bonds is 2. The highest BCUT2D eigenvalue weighted by Crippen LogP contribution is 2.29. The van der Waals surface area contributed by atoms with Gasteiger partial charge in [-0.1, -0.05) is 0 Å². The highest BCUT2D eigenvalue weighted by molar-refractivity contribution is 5.68. The lowest BCUT2D eigenvalue weighted by atomic mass is 10.1. The van der Waals surface area contributed by atoms with E-state index in [0.29, 0.717) is 45.0 Å². The molecule has 0 N–H and O–H groups in total. The number of halogens is 1. The molecule has 2 aliphatic rings. The molecular formula is C18H25FN2O4. The Labute approximate surface area is 147 Å². The summed E-state index contributed by atoms with van der Waals surface area (Å²) >= 11 is 0. The Kier molecular flexibility index (Phi) is 5.15. The van der Waals surface area contributed by atoms with E-state index in [9.17, 15) is 9.18 Å². The lowest BCUT2D eigenvalue weighted by Gasteiger charge is -2.37. The summed E-state index contributed by atoms with van der Waals surface area (Å²) in [5.74, 6) is -0.331. The summed E-state index contributed by atoms with van der Waals surface area (Å²) < 4.78 is 30.3. The van der Waals surface area contributed by atoms with E-state index in [1.807, 2.05) is 20.8 Å². The third kappa shape index (κ3) is 4.41. The monoisotopic (exact) mass is 352 g/mol. The maximum atomic E-state index is 14.1. The van der Waals surface area contributed by atoms with Crippen LogP contribution in [0.15, 0.2) is 18.2 Å². The Morgan fingerprint density at radius 3 is 2.40 bits per heavy atom. The number of benzene rings is 1. The molecular weight excluding hydrogens is 327 g/mol. The molecule has 0 aromatic heterocycles. The van der Waals surface area contributed by atoms with Crippen molar-refractivity contribution < 1.29 is 23.4 Å². The van der Waals surface area contributed by atoms with E-state index < -0.39 is 11.9 Å². The van der Waals surface area contributed by atoms with Crippen molar-refractivity contribution in [3.05, 3.63) is 29.6 Å². The molecule has 6 nitrogen and oxygen atoms in total. The summed E-state index contributed by atoms with van der Waals surface area (Å²) in [7, 11) is 0.